The molecule has 3 aliphatic heterocycles. The molecular formula is C30H28ClFN2O6. The topological polar surface area (TPSA) is 88.5 Å². The third-order valence-corrected chi connectivity index (χ3v) is 8.00. The number of aryl methyl sites for hydroxylation is 1. The zero-order valence-corrected chi connectivity index (χ0v) is 22.7. The minimum Gasteiger partial charge on any atom is -0.478 e. The van der Waals surface area contributed by atoms with Crippen LogP contribution in [0.1, 0.15) is 43.3 Å². The molecule has 3 aromatic carbocycles. The molecule has 6 rings (SSSR count). The maximum Gasteiger partial charge on any atom is 0.337 e. The molecule has 208 valence electrons. The van der Waals surface area contributed by atoms with Crippen LogP contribution >= 0.6 is 11.6 Å². The van der Waals surface area contributed by atoms with Crippen LogP contribution in [0.4, 0.5) is 10.1 Å². The number of benzene rings is 3. The summed E-state index contributed by atoms with van der Waals surface area (Å²) in [5.74, 6) is -1.36. The average Bonchev–Trinajstić information content (AvgIpc) is 2.91. The second-order valence-electron chi connectivity index (χ2n) is 10.3. The van der Waals surface area contributed by atoms with Gasteiger partial charge in [-0.3, -0.25) is 4.79 Å². The molecule has 3 aromatic rings. The number of fused-ring (bicyclic) bond motifs is 1. The van der Waals surface area contributed by atoms with Crippen LogP contribution in [-0.2, 0) is 16.0 Å². The van der Waals surface area contributed by atoms with E-state index in [1.165, 1.54) is 0 Å². The molecule has 1 N–H and O–H groups in total. The van der Waals surface area contributed by atoms with Crippen molar-refractivity contribution in [2.75, 3.05) is 51.1 Å². The Labute approximate surface area is 235 Å². The van der Waals surface area contributed by atoms with Gasteiger partial charge in [0.1, 0.15) is 11.6 Å². The van der Waals surface area contributed by atoms with Gasteiger partial charge >= 0.3 is 5.97 Å². The molecule has 1 amide bonds. The number of halogens is 2. The second kappa shape index (κ2) is 10.7. The number of carboxylic acids is 1. The van der Waals surface area contributed by atoms with Crippen molar-refractivity contribution >= 4 is 29.2 Å². The Kier molecular flexibility index (Phi) is 7.12. The van der Waals surface area contributed by atoms with E-state index in [-0.39, 0.29) is 36.2 Å². The number of hydrogen-bond acceptors (Lipinski definition) is 6. The van der Waals surface area contributed by atoms with Gasteiger partial charge in [0.05, 0.1) is 54.8 Å². The normalized spacial score (nSPS) is 17.2. The van der Waals surface area contributed by atoms with E-state index in [4.69, 9.17) is 25.8 Å². The summed E-state index contributed by atoms with van der Waals surface area (Å²) in [6.07, 6.45) is 0. The van der Waals surface area contributed by atoms with Gasteiger partial charge in [0, 0.05) is 35.7 Å². The monoisotopic (exact) mass is 566 g/mol. The van der Waals surface area contributed by atoms with Crippen LogP contribution < -0.4 is 9.64 Å². The Balaban J connectivity index is 1.31. The Hall–Kier alpha value is -3.66. The quantitative estimate of drug-likeness (QED) is 0.460. The minimum absolute atomic E-state index is 0.0397. The third-order valence-electron chi connectivity index (χ3n) is 7.70. The van der Waals surface area contributed by atoms with Crippen LogP contribution in [0.2, 0.25) is 5.02 Å². The number of ether oxygens (including phenoxy) is 3. The summed E-state index contributed by atoms with van der Waals surface area (Å²) < 4.78 is 32.2. The van der Waals surface area contributed by atoms with Crippen LogP contribution in [0.25, 0.3) is 11.1 Å². The molecule has 0 atom stereocenters. The molecule has 2 saturated heterocycles. The Morgan fingerprint density at radius 1 is 1.05 bits per heavy atom. The number of morpholine rings is 1. The molecule has 2 fully saturated rings. The van der Waals surface area contributed by atoms with Crippen molar-refractivity contribution in [2.24, 2.45) is 0 Å². The van der Waals surface area contributed by atoms with Crippen molar-refractivity contribution in [1.82, 2.24) is 4.90 Å². The van der Waals surface area contributed by atoms with Crippen LogP contribution in [-0.4, -0.2) is 68.1 Å². The van der Waals surface area contributed by atoms with Gasteiger partial charge in [-0.15, -0.1) is 0 Å². The van der Waals surface area contributed by atoms with Gasteiger partial charge < -0.3 is 29.1 Å². The highest BCUT2D eigenvalue weighted by Crippen LogP contribution is 2.41. The number of para-hydroxylation sites is 1. The lowest BCUT2D eigenvalue weighted by Gasteiger charge is -2.32. The smallest absolute Gasteiger partial charge is 0.337 e. The highest BCUT2D eigenvalue weighted by atomic mass is 35.5. The van der Waals surface area contributed by atoms with E-state index in [2.05, 4.69) is 0 Å². The molecule has 3 aliphatic rings. The number of hydrogen-bond donors (Lipinski definition) is 1. The Morgan fingerprint density at radius 3 is 2.50 bits per heavy atom. The van der Waals surface area contributed by atoms with Gasteiger partial charge in [0.25, 0.3) is 5.91 Å². The molecule has 0 radical (unpaired) electrons. The molecule has 0 saturated carbocycles. The number of nitrogens with zero attached hydrogens (tertiary/aromatic N) is 2. The van der Waals surface area contributed by atoms with Crippen LogP contribution in [0.5, 0.6) is 5.75 Å². The van der Waals surface area contributed by atoms with Crippen LogP contribution in [0.15, 0.2) is 42.5 Å². The van der Waals surface area contributed by atoms with Gasteiger partial charge in [-0.1, -0.05) is 35.9 Å². The first-order valence-electron chi connectivity index (χ1n) is 13.1. The van der Waals surface area contributed by atoms with E-state index in [0.717, 1.165) is 17.2 Å². The standard InChI is InChI=1S/C30H28ClFN2O6/c1-17-9-19(20-14-39-15-20)10-24(31)27(17)29(35)34-13-18-3-2-4-21(28(18)40-16-34)22-12-26(33-5-7-38-8-6-33)23(30(36)37)11-25(22)32/h2-4,9-12,20H,5-8,13-16H2,1H3,(H,36,37). The fourth-order valence-electron chi connectivity index (χ4n) is 5.48. The lowest BCUT2D eigenvalue weighted by Crippen LogP contribution is -2.38. The van der Waals surface area contributed by atoms with Gasteiger partial charge in [0.15, 0.2) is 6.73 Å². The lowest BCUT2D eigenvalue weighted by atomic mass is 9.93. The highest BCUT2D eigenvalue weighted by molar-refractivity contribution is 6.34. The Bertz CT molecular complexity index is 1480. The summed E-state index contributed by atoms with van der Waals surface area (Å²) in [6.45, 7) is 5.30. The maximum absolute atomic E-state index is 15.4. The van der Waals surface area contributed by atoms with Crippen molar-refractivity contribution in [3.05, 3.63) is 81.1 Å². The SMILES string of the molecule is Cc1cc(C2COC2)cc(Cl)c1C(=O)N1COc2c(cccc2-c2cc(N3CCOCC3)c(C(=O)O)cc2F)C1. The largest absolute Gasteiger partial charge is 0.478 e. The molecular weight excluding hydrogens is 539 g/mol. The number of aromatic carboxylic acids is 1. The van der Waals surface area contributed by atoms with Gasteiger partial charge in [0.2, 0.25) is 0 Å². The van der Waals surface area contributed by atoms with E-state index in [0.29, 0.717) is 72.7 Å². The molecule has 10 heteroatoms. The number of rotatable bonds is 5. The summed E-state index contributed by atoms with van der Waals surface area (Å²) in [7, 11) is 0. The number of carboxylic acid groups (broad SMARTS) is 1. The first-order valence-corrected chi connectivity index (χ1v) is 13.5. The van der Waals surface area contributed by atoms with E-state index < -0.39 is 11.8 Å². The van der Waals surface area contributed by atoms with Crippen LogP contribution in [0, 0.1) is 12.7 Å². The van der Waals surface area contributed by atoms with Crippen molar-refractivity contribution in [3.63, 3.8) is 0 Å². The van der Waals surface area contributed by atoms with Gasteiger partial charge in [-0.25, -0.2) is 9.18 Å². The molecule has 0 bridgehead atoms. The van der Waals surface area contributed by atoms with E-state index in [9.17, 15) is 14.7 Å². The van der Waals surface area contributed by atoms with Crippen molar-refractivity contribution in [2.45, 2.75) is 19.4 Å². The maximum atomic E-state index is 15.4. The summed E-state index contributed by atoms with van der Waals surface area (Å²) in [5.41, 5.74) is 4.04. The summed E-state index contributed by atoms with van der Waals surface area (Å²) in [5, 5.41) is 10.1. The second-order valence-corrected chi connectivity index (χ2v) is 10.7. The zero-order valence-electron chi connectivity index (χ0n) is 21.9. The highest BCUT2D eigenvalue weighted by Gasteiger charge is 2.30. The summed E-state index contributed by atoms with van der Waals surface area (Å²) in [4.78, 5) is 28.9. The fourth-order valence-corrected chi connectivity index (χ4v) is 5.84. The van der Waals surface area contributed by atoms with E-state index in [1.807, 2.05) is 30.0 Å². The lowest BCUT2D eigenvalue weighted by molar-refractivity contribution is 0.00840. The third kappa shape index (κ3) is 4.78. The van der Waals surface area contributed by atoms with Gasteiger partial charge in [-0.05, 0) is 36.2 Å². The number of amides is 1. The van der Waals surface area contributed by atoms with Crippen molar-refractivity contribution < 1.29 is 33.3 Å². The van der Waals surface area contributed by atoms with Crippen molar-refractivity contribution in [3.8, 4) is 16.9 Å². The predicted octanol–water partition coefficient (Wildman–Crippen LogP) is 5.10. The minimum atomic E-state index is -1.20. The van der Waals surface area contributed by atoms with E-state index in [1.54, 1.807) is 23.1 Å². The molecule has 0 unspecified atom stereocenters. The first kappa shape index (κ1) is 26.6. The molecule has 0 aromatic heterocycles. The molecule has 0 spiro atoms. The summed E-state index contributed by atoms with van der Waals surface area (Å²) in [6, 6.07) is 11.8. The molecule has 3 heterocycles. The molecule has 40 heavy (non-hydrogen) atoms. The van der Waals surface area contributed by atoms with Gasteiger partial charge in [-0.2, -0.15) is 0 Å². The van der Waals surface area contributed by atoms with Crippen LogP contribution in [0.3, 0.4) is 0 Å². The number of anilines is 1. The average molecular weight is 567 g/mol. The number of carbonyl (C=O) groups is 2. The Morgan fingerprint density at radius 2 is 1.82 bits per heavy atom. The first-order chi connectivity index (χ1) is 19.3. The predicted molar refractivity (Wildman–Crippen MR) is 147 cm³/mol. The van der Waals surface area contributed by atoms with Crippen molar-refractivity contribution in [1.29, 1.82) is 0 Å². The fraction of sp³-hybridized carbons (Fsp3) is 0.333. The van der Waals surface area contributed by atoms with E-state index >= 15 is 4.39 Å². The molecule has 8 nitrogen and oxygen atoms in total. The summed E-state index contributed by atoms with van der Waals surface area (Å²) >= 11 is 6.59. The number of carbonyl (C=O) groups excluding carboxylic acids is 1. The zero-order chi connectivity index (χ0) is 28.0. The molecule has 0 aliphatic carbocycles.